The Morgan fingerprint density at radius 2 is 1.93 bits per heavy atom. The molecule has 0 aromatic carbocycles. The molecule has 0 N–H and O–H groups in total. The maximum Gasteiger partial charge on any atom is 0.240 e. The highest BCUT2D eigenvalue weighted by molar-refractivity contribution is 8.23. The molecule has 0 radical (unpaired) electrons. The summed E-state index contributed by atoms with van der Waals surface area (Å²) in [4.78, 5) is 17.8. The summed E-state index contributed by atoms with van der Waals surface area (Å²) >= 11 is 6.77. The Labute approximate surface area is 183 Å². The molecule has 1 aromatic heterocycles. The van der Waals surface area contributed by atoms with E-state index < -0.39 is 20.5 Å². The maximum absolute atomic E-state index is 13.3. The first kappa shape index (κ1) is 24.0. The third-order valence-corrected chi connectivity index (χ3v) is 13.1. The fourth-order valence-electron chi connectivity index (χ4n) is 4.41. The van der Waals surface area contributed by atoms with Crippen molar-refractivity contribution in [3.8, 4) is 0 Å². The second-order valence-corrected chi connectivity index (χ2v) is 15.3. The van der Waals surface area contributed by atoms with Crippen LogP contribution in [0.2, 0.25) is 16.6 Å². The highest BCUT2D eigenvalue weighted by atomic mass is 32.2. The van der Waals surface area contributed by atoms with Crippen molar-refractivity contribution in [1.82, 2.24) is 4.90 Å². The van der Waals surface area contributed by atoms with E-state index in [0.29, 0.717) is 33.2 Å². The molecule has 1 aliphatic rings. The van der Waals surface area contributed by atoms with Crippen molar-refractivity contribution in [3.05, 3.63) is 34.6 Å². The summed E-state index contributed by atoms with van der Waals surface area (Å²) in [6.45, 7) is 13.5. The molecule has 1 aliphatic heterocycles. The Balaban J connectivity index is 2.54. The zero-order valence-corrected chi connectivity index (χ0v) is 20.5. The summed E-state index contributed by atoms with van der Waals surface area (Å²) < 4.78 is 13.0. The lowest BCUT2D eigenvalue weighted by Gasteiger charge is -2.45. The van der Waals surface area contributed by atoms with Gasteiger partial charge in [-0.15, -0.1) is 0 Å². The van der Waals surface area contributed by atoms with E-state index in [0.717, 1.165) is 5.75 Å². The average Bonchev–Trinajstić information content (AvgIpc) is 3.31. The predicted molar refractivity (Wildman–Crippen MR) is 123 cm³/mol. The van der Waals surface area contributed by atoms with Gasteiger partial charge in [0.2, 0.25) is 14.2 Å². The summed E-state index contributed by atoms with van der Waals surface area (Å²) in [6, 6.07) is 2.45. The molecule has 1 saturated heterocycles. The molecule has 2 rings (SSSR count). The minimum absolute atomic E-state index is 0.296. The molecule has 0 aliphatic carbocycles. The van der Waals surface area contributed by atoms with E-state index >= 15 is 0 Å². The van der Waals surface area contributed by atoms with Crippen molar-refractivity contribution in [2.24, 2.45) is 5.11 Å². The summed E-state index contributed by atoms with van der Waals surface area (Å²) in [6.07, 6.45) is 0.754. The summed E-state index contributed by atoms with van der Waals surface area (Å²) in [5.74, 6) is 0.897. The number of rotatable bonds is 9. The van der Waals surface area contributed by atoms with Gasteiger partial charge in [-0.1, -0.05) is 70.6 Å². The van der Waals surface area contributed by atoms with E-state index in [1.54, 1.807) is 18.4 Å². The van der Waals surface area contributed by atoms with E-state index in [1.807, 2.05) is 0 Å². The van der Waals surface area contributed by atoms with Crippen molar-refractivity contribution in [2.75, 3.05) is 12.3 Å². The number of carbonyl (C=O) groups excluding carboxylic acids is 1. The lowest BCUT2D eigenvalue weighted by atomic mass is 10.1. The van der Waals surface area contributed by atoms with E-state index in [9.17, 15) is 10.3 Å². The van der Waals surface area contributed by atoms with Crippen LogP contribution in [0.3, 0.4) is 0 Å². The minimum Gasteiger partial charge on any atom is -0.467 e. The standard InChI is InChI=1S/C19H30N4O3S2Si/c1-12(2)29(13(3)4,14(5)6)26-17(15-8-7-10-25-15)16(21-22-20)18(24)23-9-11-28-19(23)27/h7-8,10,12-14,16-17H,9,11H2,1-6H3/t16-,17-/m1/s1. The second kappa shape index (κ2) is 10.1. The van der Waals surface area contributed by atoms with Gasteiger partial charge < -0.3 is 8.84 Å². The number of hydrogen-bond acceptors (Lipinski definition) is 6. The molecule has 0 unspecified atom stereocenters. The van der Waals surface area contributed by atoms with Gasteiger partial charge in [-0.25, -0.2) is 0 Å². The Bertz CT molecular complexity index is 742. The van der Waals surface area contributed by atoms with Gasteiger partial charge in [-0.3, -0.25) is 9.69 Å². The predicted octanol–water partition coefficient (Wildman–Crippen LogP) is 6.05. The molecular weight excluding hydrogens is 424 g/mol. The molecule has 1 aromatic rings. The number of amides is 1. The van der Waals surface area contributed by atoms with Crippen LogP contribution in [-0.2, 0) is 9.22 Å². The van der Waals surface area contributed by atoms with Crippen molar-refractivity contribution in [2.45, 2.75) is 70.3 Å². The zero-order chi connectivity index (χ0) is 21.8. The Morgan fingerprint density at radius 3 is 2.34 bits per heavy atom. The van der Waals surface area contributed by atoms with Crippen molar-refractivity contribution >= 4 is 42.5 Å². The largest absolute Gasteiger partial charge is 0.467 e. The first-order valence-electron chi connectivity index (χ1n) is 9.90. The normalized spacial score (nSPS) is 17.1. The molecule has 2 heterocycles. The van der Waals surface area contributed by atoms with Crippen LogP contribution in [0, 0.1) is 0 Å². The fraction of sp³-hybridized carbons (Fsp3) is 0.684. The third kappa shape index (κ3) is 4.88. The van der Waals surface area contributed by atoms with Gasteiger partial charge in [0.05, 0.1) is 6.26 Å². The molecule has 29 heavy (non-hydrogen) atoms. The van der Waals surface area contributed by atoms with E-state index in [1.165, 1.54) is 16.7 Å². The van der Waals surface area contributed by atoms with Gasteiger partial charge in [0.1, 0.15) is 22.2 Å². The molecule has 10 heteroatoms. The van der Waals surface area contributed by atoms with Crippen molar-refractivity contribution in [1.29, 1.82) is 0 Å². The van der Waals surface area contributed by atoms with Crippen LogP contribution in [0.25, 0.3) is 10.4 Å². The number of carbonyl (C=O) groups is 1. The van der Waals surface area contributed by atoms with Gasteiger partial charge in [0.15, 0.2) is 0 Å². The molecule has 1 fully saturated rings. The van der Waals surface area contributed by atoms with Crippen LogP contribution in [-0.4, -0.2) is 41.8 Å². The van der Waals surface area contributed by atoms with Crippen LogP contribution in [0.1, 0.15) is 53.4 Å². The topological polar surface area (TPSA) is 91.4 Å². The fourth-order valence-corrected chi connectivity index (χ4v) is 11.1. The molecule has 0 spiro atoms. The number of thiocarbonyl (C=S) groups is 1. The van der Waals surface area contributed by atoms with E-state index in [-0.39, 0.29) is 5.91 Å². The quantitative estimate of drug-likeness (QED) is 0.149. The second-order valence-electron chi connectivity index (χ2n) is 8.13. The molecule has 2 atom stereocenters. The summed E-state index contributed by atoms with van der Waals surface area (Å²) in [5, 5.41) is 3.88. The average molecular weight is 455 g/mol. The van der Waals surface area contributed by atoms with Gasteiger partial charge in [-0.05, 0) is 34.3 Å². The van der Waals surface area contributed by atoms with Crippen LogP contribution in [0.15, 0.2) is 27.9 Å². The molecule has 0 saturated carbocycles. The highest BCUT2D eigenvalue weighted by Gasteiger charge is 2.50. The van der Waals surface area contributed by atoms with Crippen LogP contribution in [0.4, 0.5) is 0 Å². The van der Waals surface area contributed by atoms with Gasteiger partial charge in [0, 0.05) is 17.2 Å². The smallest absolute Gasteiger partial charge is 0.240 e. The summed E-state index contributed by atoms with van der Waals surface area (Å²) in [7, 11) is -2.39. The van der Waals surface area contributed by atoms with E-state index in [2.05, 4.69) is 51.6 Å². The molecule has 7 nitrogen and oxygen atoms in total. The summed E-state index contributed by atoms with van der Waals surface area (Å²) in [5.41, 5.74) is 10.1. The van der Waals surface area contributed by atoms with Crippen LogP contribution < -0.4 is 0 Å². The Kier molecular flexibility index (Phi) is 8.36. The lowest BCUT2D eigenvalue weighted by molar-refractivity contribution is -0.130. The first-order chi connectivity index (χ1) is 13.7. The number of hydrogen-bond donors (Lipinski definition) is 0. The molecule has 160 valence electrons. The number of furan rings is 1. The highest BCUT2D eigenvalue weighted by Crippen LogP contribution is 2.46. The lowest BCUT2D eigenvalue weighted by Crippen LogP contribution is -2.51. The van der Waals surface area contributed by atoms with Crippen LogP contribution >= 0.6 is 24.0 Å². The Morgan fingerprint density at radius 1 is 1.31 bits per heavy atom. The first-order valence-corrected chi connectivity index (χ1v) is 13.4. The molecule has 1 amide bonds. The van der Waals surface area contributed by atoms with Crippen molar-refractivity contribution in [3.63, 3.8) is 0 Å². The van der Waals surface area contributed by atoms with Gasteiger partial charge >= 0.3 is 0 Å². The van der Waals surface area contributed by atoms with Crippen molar-refractivity contribution < 1.29 is 13.6 Å². The Hall–Kier alpha value is -1.32. The maximum atomic E-state index is 13.3. The monoisotopic (exact) mass is 454 g/mol. The number of thioether (sulfide) groups is 1. The number of azide groups is 1. The van der Waals surface area contributed by atoms with Crippen LogP contribution in [0.5, 0.6) is 0 Å². The third-order valence-electron chi connectivity index (χ3n) is 5.60. The van der Waals surface area contributed by atoms with Gasteiger partial charge in [0.25, 0.3) is 0 Å². The molecule has 0 bridgehead atoms. The number of nitrogens with zero attached hydrogens (tertiary/aromatic N) is 4. The molecular formula is C19H30N4O3S2Si. The SMILES string of the molecule is CC(C)[Si](O[C@H](c1ccco1)[C@@H](N=[N+]=[N-])C(=O)N1CCSC1=S)(C(C)C)C(C)C. The van der Waals surface area contributed by atoms with E-state index in [4.69, 9.17) is 21.1 Å². The minimum atomic E-state index is -2.39. The van der Waals surface area contributed by atoms with Gasteiger partial charge in [-0.2, -0.15) is 0 Å². The zero-order valence-electron chi connectivity index (χ0n) is 17.9.